The summed E-state index contributed by atoms with van der Waals surface area (Å²) in [4.78, 5) is 10.8. The summed E-state index contributed by atoms with van der Waals surface area (Å²) in [7, 11) is 0. The number of ether oxygens (including phenoxy) is 2. The highest BCUT2D eigenvalue weighted by atomic mass is 35.5. The largest absolute Gasteiger partial charge is 0.573 e. The summed E-state index contributed by atoms with van der Waals surface area (Å²) in [5.41, 5.74) is 0.232. The predicted octanol–water partition coefficient (Wildman–Crippen LogP) is 2.79. The highest BCUT2D eigenvalue weighted by Crippen LogP contribution is 2.31. The van der Waals surface area contributed by atoms with Gasteiger partial charge in [0, 0.05) is 5.56 Å². The van der Waals surface area contributed by atoms with Gasteiger partial charge in [-0.2, -0.15) is 0 Å². The monoisotopic (exact) mass is 283 g/mol. The van der Waals surface area contributed by atoms with Crippen molar-refractivity contribution in [3.63, 3.8) is 0 Å². The molecule has 18 heavy (non-hydrogen) atoms. The molecule has 1 heterocycles. The van der Waals surface area contributed by atoms with Crippen molar-refractivity contribution < 1.29 is 27.4 Å². The zero-order chi connectivity index (χ0) is 12.5. The smallest absolute Gasteiger partial charge is 0.447 e. The van der Waals surface area contributed by atoms with Crippen molar-refractivity contribution in [1.82, 2.24) is 5.32 Å². The van der Waals surface area contributed by atoms with Crippen molar-refractivity contribution in [3.8, 4) is 5.75 Å². The minimum Gasteiger partial charge on any atom is -0.447 e. The first kappa shape index (κ1) is 14.4. The SMILES string of the molecule is Cl.O=C1N[C@H](c2ccccc2OC(F)(F)F)CO1. The third-order valence-corrected chi connectivity index (χ3v) is 2.19. The molecule has 0 aliphatic carbocycles. The molecular formula is C10H9ClF3NO3. The molecule has 1 atom stereocenters. The third kappa shape index (κ3) is 3.43. The van der Waals surface area contributed by atoms with E-state index in [0.29, 0.717) is 0 Å². The quantitative estimate of drug-likeness (QED) is 0.908. The van der Waals surface area contributed by atoms with Gasteiger partial charge in [0.1, 0.15) is 12.4 Å². The molecule has 1 fully saturated rings. The highest BCUT2D eigenvalue weighted by molar-refractivity contribution is 5.85. The molecule has 0 bridgehead atoms. The van der Waals surface area contributed by atoms with Gasteiger partial charge >= 0.3 is 12.5 Å². The van der Waals surface area contributed by atoms with Crippen LogP contribution in [0, 0.1) is 0 Å². The van der Waals surface area contributed by atoms with E-state index in [1.54, 1.807) is 6.07 Å². The van der Waals surface area contributed by atoms with Gasteiger partial charge in [0.25, 0.3) is 0 Å². The highest BCUT2D eigenvalue weighted by Gasteiger charge is 2.34. The Morgan fingerprint density at radius 3 is 2.56 bits per heavy atom. The molecule has 0 unspecified atom stereocenters. The van der Waals surface area contributed by atoms with E-state index in [2.05, 4.69) is 14.8 Å². The van der Waals surface area contributed by atoms with E-state index >= 15 is 0 Å². The maximum absolute atomic E-state index is 12.1. The molecule has 8 heteroatoms. The van der Waals surface area contributed by atoms with E-state index in [1.165, 1.54) is 18.2 Å². The number of carbonyl (C=O) groups is 1. The number of para-hydroxylation sites is 1. The van der Waals surface area contributed by atoms with Gasteiger partial charge in [0.15, 0.2) is 0 Å². The summed E-state index contributed by atoms with van der Waals surface area (Å²) in [5, 5.41) is 2.39. The van der Waals surface area contributed by atoms with Gasteiger partial charge in [-0.25, -0.2) is 4.79 Å². The molecule has 1 saturated heterocycles. The molecule has 1 amide bonds. The lowest BCUT2D eigenvalue weighted by Crippen LogP contribution is -2.22. The number of rotatable bonds is 2. The molecule has 0 saturated carbocycles. The van der Waals surface area contributed by atoms with E-state index in [4.69, 9.17) is 0 Å². The molecule has 2 rings (SSSR count). The Hall–Kier alpha value is -1.63. The first-order chi connectivity index (χ1) is 7.96. The lowest BCUT2D eigenvalue weighted by Gasteiger charge is -2.15. The molecule has 100 valence electrons. The van der Waals surface area contributed by atoms with Crippen molar-refractivity contribution >= 4 is 18.5 Å². The van der Waals surface area contributed by atoms with Crippen molar-refractivity contribution in [2.75, 3.05) is 6.61 Å². The Labute approximate surface area is 106 Å². The van der Waals surface area contributed by atoms with Crippen LogP contribution in [0.2, 0.25) is 0 Å². The maximum atomic E-state index is 12.1. The van der Waals surface area contributed by atoms with Crippen LogP contribution in [-0.4, -0.2) is 19.1 Å². The van der Waals surface area contributed by atoms with Crippen LogP contribution in [0.1, 0.15) is 11.6 Å². The van der Waals surface area contributed by atoms with Crippen LogP contribution in [0.25, 0.3) is 0 Å². The predicted molar refractivity (Wildman–Crippen MR) is 57.6 cm³/mol. The minimum atomic E-state index is -4.76. The van der Waals surface area contributed by atoms with Crippen LogP contribution >= 0.6 is 12.4 Å². The fourth-order valence-electron chi connectivity index (χ4n) is 1.54. The number of cyclic esters (lactones) is 1. The Bertz CT molecular complexity index is 439. The van der Waals surface area contributed by atoms with Crippen LogP contribution in [0.3, 0.4) is 0 Å². The van der Waals surface area contributed by atoms with Crippen LogP contribution in [0.15, 0.2) is 24.3 Å². The molecule has 0 aromatic heterocycles. The molecular weight excluding hydrogens is 275 g/mol. The summed E-state index contributed by atoms with van der Waals surface area (Å²) in [5.74, 6) is -0.337. The van der Waals surface area contributed by atoms with Crippen molar-refractivity contribution in [3.05, 3.63) is 29.8 Å². The normalized spacial score (nSPS) is 18.6. The molecule has 0 radical (unpaired) electrons. The van der Waals surface area contributed by atoms with Gasteiger partial charge in [0.05, 0.1) is 6.04 Å². The first-order valence-electron chi connectivity index (χ1n) is 4.74. The summed E-state index contributed by atoms with van der Waals surface area (Å²) >= 11 is 0. The zero-order valence-electron chi connectivity index (χ0n) is 8.86. The second kappa shape index (κ2) is 5.34. The van der Waals surface area contributed by atoms with Gasteiger partial charge in [-0.1, -0.05) is 18.2 Å². The van der Waals surface area contributed by atoms with Crippen LogP contribution in [-0.2, 0) is 4.74 Å². The molecule has 1 aromatic rings. The van der Waals surface area contributed by atoms with E-state index in [9.17, 15) is 18.0 Å². The topological polar surface area (TPSA) is 47.6 Å². The third-order valence-electron chi connectivity index (χ3n) is 2.19. The number of hydrogen-bond donors (Lipinski definition) is 1. The average molecular weight is 284 g/mol. The summed E-state index contributed by atoms with van der Waals surface area (Å²) in [6, 6.07) is 4.99. The lowest BCUT2D eigenvalue weighted by molar-refractivity contribution is -0.275. The fraction of sp³-hybridized carbons (Fsp3) is 0.300. The second-order valence-electron chi connectivity index (χ2n) is 3.38. The van der Waals surface area contributed by atoms with Crippen LogP contribution in [0.5, 0.6) is 5.75 Å². The van der Waals surface area contributed by atoms with Gasteiger partial charge in [-0.15, -0.1) is 25.6 Å². The van der Waals surface area contributed by atoms with E-state index in [-0.39, 0.29) is 30.3 Å². The summed E-state index contributed by atoms with van der Waals surface area (Å²) in [6.45, 7) is -0.0168. The van der Waals surface area contributed by atoms with Crippen molar-refractivity contribution in [2.45, 2.75) is 12.4 Å². The summed E-state index contributed by atoms with van der Waals surface area (Å²) < 4.78 is 44.9. The zero-order valence-corrected chi connectivity index (χ0v) is 9.68. The summed E-state index contributed by atoms with van der Waals surface area (Å²) in [6.07, 6.45) is -5.42. The molecule has 0 spiro atoms. The minimum absolute atomic E-state index is 0. The number of nitrogens with one attached hydrogen (secondary N) is 1. The molecule has 1 aromatic carbocycles. The van der Waals surface area contributed by atoms with E-state index < -0.39 is 18.5 Å². The number of halogens is 4. The standard InChI is InChI=1S/C10H8F3NO3.ClH/c11-10(12,13)17-8-4-2-1-3-6(8)7-5-16-9(15)14-7;/h1-4,7H,5H2,(H,14,15);1H/t7-;/m0./s1. The first-order valence-corrected chi connectivity index (χ1v) is 4.74. The van der Waals surface area contributed by atoms with Gasteiger partial charge in [-0.05, 0) is 6.07 Å². The van der Waals surface area contributed by atoms with Gasteiger partial charge in [0.2, 0.25) is 0 Å². The lowest BCUT2D eigenvalue weighted by atomic mass is 10.1. The van der Waals surface area contributed by atoms with E-state index in [0.717, 1.165) is 0 Å². The van der Waals surface area contributed by atoms with Gasteiger partial charge < -0.3 is 14.8 Å². The average Bonchev–Trinajstić information content (AvgIpc) is 2.63. The number of carbonyl (C=O) groups excluding carboxylic acids is 1. The Morgan fingerprint density at radius 2 is 2.00 bits per heavy atom. The second-order valence-corrected chi connectivity index (χ2v) is 3.38. The molecule has 1 aliphatic heterocycles. The van der Waals surface area contributed by atoms with Gasteiger partial charge in [-0.3, -0.25) is 0 Å². The van der Waals surface area contributed by atoms with Crippen LogP contribution in [0.4, 0.5) is 18.0 Å². The maximum Gasteiger partial charge on any atom is 0.573 e. The molecule has 1 aliphatic rings. The number of amides is 1. The molecule has 1 N–H and O–H groups in total. The number of alkyl carbamates (subject to hydrolysis) is 1. The van der Waals surface area contributed by atoms with E-state index in [1.807, 2.05) is 0 Å². The van der Waals surface area contributed by atoms with Crippen molar-refractivity contribution in [1.29, 1.82) is 0 Å². The number of hydrogen-bond acceptors (Lipinski definition) is 3. The fourth-order valence-corrected chi connectivity index (χ4v) is 1.54. The Balaban J connectivity index is 0.00000162. The molecule has 4 nitrogen and oxygen atoms in total. The Kier molecular flexibility index (Phi) is 4.28. The van der Waals surface area contributed by atoms with Crippen LogP contribution < -0.4 is 10.1 Å². The van der Waals surface area contributed by atoms with Crippen molar-refractivity contribution in [2.24, 2.45) is 0 Å². The number of benzene rings is 1. The number of alkyl halides is 3. The Morgan fingerprint density at radius 1 is 1.33 bits per heavy atom.